The standard InChI is InChI=1S/C12H16N4O4/c1-6-13-10(16(19)20)11(14(6)2)15-7-3-4-9(15)8(5-7)12(17)18/h7-9H,3-5H2,1-2H3,(H,17,18). The van der Waals surface area contributed by atoms with Crippen LogP contribution in [0, 0.1) is 23.0 Å². The number of fused-ring (bicyclic) bond motifs is 2. The van der Waals surface area contributed by atoms with E-state index in [0.717, 1.165) is 12.8 Å². The van der Waals surface area contributed by atoms with Gasteiger partial charge in [-0.3, -0.25) is 9.36 Å². The van der Waals surface area contributed by atoms with Crippen molar-refractivity contribution in [2.75, 3.05) is 4.90 Å². The number of hydrogen-bond donors (Lipinski definition) is 1. The Bertz CT molecular complexity index is 597. The SMILES string of the molecule is Cc1nc([N+](=O)[O-])c(N2C3CCC2C(C(=O)O)C3)n1C. The molecule has 0 aromatic carbocycles. The molecule has 1 aromatic heterocycles. The van der Waals surface area contributed by atoms with Crippen LogP contribution < -0.4 is 4.90 Å². The molecule has 0 amide bonds. The molecule has 2 fully saturated rings. The number of nitro groups is 1. The number of nitrogens with zero attached hydrogens (tertiary/aromatic N) is 4. The molecule has 0 spiro atoms. The van der Waals surface area contributed by atoms with Gasteiger partial charge >= 0.3 is 11.8 Å². The van der Waals surface area contributed by atoms with Crippen molar-refractivity contribution in [2.45, 2.75) is 38.3 Å². The van der Waals surface area contributed by atoms with Crippen LogP contribution in [0.3, 0.4) is 0 Å². The summed E-state index contributed by atoms with van der Waals surface area (Å²) in [6.07, 6.45) is 2.21. The highest BCUT2D eigenvalue weighted by Crippen LogP contribution is 2.47. The molecule has 1 aromatic rings. The maximum absolute atomic E-state index is 11.3. The van der Waals surface area contributed by atoms with E-state index in [1.165, 1.54) is 0 Å². The molecule has 2 aliphatic rings. The maximum atomic E-state index is 11.3. The average molecular weight is 280 g/mol. The van der Waals surface area contributed by atoms with E-state index >= 15 is 0 Å². The van der Waals surface area contributed by atoms with Crippen LogP contribution in [-0.4, -0.2) is 37.6 Å². The summed E-state index contributed by atoms with van der Waals surface area (Å²) in [7, 11) is 1.73. The summed E-state index contributed by atoms with van der Waals surface area (Å²) in [4.78, 5) is 27.9. The summed E-state index contributed by atoms with van der Waals surface area (Å²) < 4.78 is 1.69. The molecule has 3 heterocycles. The highest BCUT2D eigenvalue weighted by molar-refractivity contribution is 5.74. The molecule has 20 heavy (non-hydrogen) atoms. The quantitative estimate of drug-likeness (QED) is 0.656. The van der Waals surface area contributed by atoms with Gasteiger partial charge in [0.15, 0.2) is 0 Å². The molecule has 3 atom stereocenters. The van der Waals surface area contributed by atoms with E-state index in [0.29, 0.717) is 18.1 Å². The summed E-state index contributed by atoms with van der Waals surface area (Å²) in [5.41, 5.74) is 0. The highest BCUT2D eigenvalue weighted by atomic mass is 16.6. The summed E-state index contributed by atoms with van der Waals surface area (Å²) in [6, 6.07) is -0.0967. The number of aromatic nitrogens is 2. The number of anilines is 1. The van der Waals surface area contributed by atoms with Crippen LogP contribution in [-0.2, 0) is 11.8 Å². The van der Waals surface area contributed by atoms with E-state index in [2.05, 4.69) is 4.98 Å². The zero-order chi connectivity index (χ0) is 14.6. The van der Waals surface area contributed by atoms with Crippen molar-refractivity contribution in [3.05, 3.63) is 15.9 Å². The fraction of sp³-hybridized carbons (Fsp3) is 0.667. The normalized spacial score (nSPS) is 28.1. The third-order valence-corrected chi connectivity index (χ3v) is 4.54. The monoisotopic (exact) mass is 280 g/mol. The van der Waals surface area contributed by atoms with Gasteiger partial charge in [-0.25, -0.2) is 0 Å². The third kappa shape index (κ3) is 1.60. The number of carbonyl (C=O) groups is 1. The predicted molar refractivity (Wildman–Crippen MR) is 69.6 cm³/mol. The number of carboxylic acid groups (broad SMARTS) is 1. The van der Waals surface area contributed by atoms with Crippen LogP contribution in [0.2, 0.25) is 0 Å². The molecule has 8 nitrogen and oxygen atoms in total. The van der Waals surface area contributed by atoms with Gasteiger partial charge in [-0.05, 0) is 29.2 Å². The number of hydrogen-bond acceptors (Lipinski definition) is 5. The van der Waals surface area contributed by atoms with Gasteiger partial charge in [0.2, 0.25) is 11.6 Å². The third-order valence-electron chi connectivity index (χ3n) is 4.54. The van der Waals surface area contributed by atoms with E-state index in [4.69, 9.17) is 0 Å². The molecule has 8 heteroatoms. The molecule has 2 saturated heterocycles. The molecule has 0 saturated carbocycles. The van der Waals surface area contributed by atoms with Crippen molar-refractivity contribution < 1.29 is 14.8 Å². The molecular formula is C12H16N4O4. The molecule has 2 aliphatic heterocycles. The summed E-state index contributed by atoms with van der Waals surface area (Å²) in [6.45, 7) is 1.71. The van der Waals surface area contributed by atoms with E-state index < -0.39 is 16.8 Å². The lowest BCUT2D eigenvalue weighted by Gasteiger charge is -2.24. The second kappa shape index (κ2) is 4.19. The fourth-order valence-electron chi connectivity index (χ4n) is 3.58. The van der Waals surface area contributed by atoms with Crippen LogP contribution in [0.5, 0.6) is 0 Å². The molecule has 3 unspecified atom stereocenters. The number of aliphatic carboxylic acids is 1. The van der Waals surface area contributed by atoms with E-state index in [9.17, 15) is 20.0 Å². The lowest BCUT2D eigenvalue weighted by atomic mass is 9.89. The number of carboxylic acids is 1. The smallest absolute Gasteiger partial charge is 0.406 e. The van der Waals surface area contributed by atoms with Crippen LogP contribution in [0.25, 0.3) is 0 Å². The first-order valence-corrected chi connectivity index (χ1v) is 6.60. The van der Waals surface area contributed by atoms with Gasteiger partial charge in [0.1, 0.15) is 0 Å². The van der Waals surface area contributed by atoms with Crippen molar-refractivity contribution >= 4 is 17.6 Å². The van der Waals surface area contributed by atoms with Gasteiger partial charge < -0.3 is 20.1 Å². The fourth-order valence-corrected chi connectivity index (χ4v) is 3.58. The molecule has 0 radical (unpaired) electrons. The van der Waals surface area contributed by atoms with E-state index in [1.54, 1.807) is 18.5 Å². The van der Waals surface area contributed by atoms with Crippen LogP contribution in [0.1, 0.15) is 25.1 Å². The van der Waals surface area contributed by atoms with Crippen molar-refractivity contribution in [1.82, 2.24) is 9.55 Å². The minimum absolute atomic E-state index is 0.0644. The molecule has 1 N–H and O–H groups in total. The first-order valence-electron chi connectivity index (χ1n) is 6.60. The lowest BCUT2D eigenvalue weighted by molar-refractivity contribution is -0.388. The Morgan fingerprint density at radius 2 is 2.20 bits per heavy atom. The van der Waals surface area contributed by atoms with Crippen molar-refractivity contribution in [1.29, 1.82) is 0 Å². The van der Waals surface area contributed by atoms with Gasteiger partial charge in [-0.1, -0.05) is 0 Å². The van der Waals surface area contributed by atoms with E-state index in [1.807, 2.05) is 4.90 Å². The Morgan fingerprint density at radius 3 is 2.75 bits per heavy atom. The van der Waals surface area contributed by atoms with Crippen LogP contribution in [0.4, 0.5) is 11.6 Å². The van der Waals surface area contributed by atoms with Crippen molar-refractivity contribution in [2.24, 2.45) is 13.0 Å². The Morgan fingerprint density at radius 1 is 1.50 bits per heavy atom. The van der Waals surface area contributed by atoms with Gasteiger partial charge in [0, 0.05) is 26.1 Å². The zero-order valence-corrected chi connectivity index (χ0v) is 11.3. The highest BCUT2D eigenvalue weighted by Gasteiger charge is 2.52. The number of imidazole rings is 1. The van der Waals surface area contributed by atoms with Gasteiger partial charge in [0.25, 0.3) is 0 Å². The zero-order valence-electron chi connectivity index (χ0n) is 11.3. The van der Waals surface area contributed by atoms with Gasteiger partial charge in [0.05, 0.1) is 5.92 Å². The number of rotatable bonds is 3. The Hall–Kier alpha value is -2.12. The average Bonchev–Trinajstić information content (AvgIpc) is 3.02. The lowest BCUT2D eigenvalue weighted by Crippen LogP contribution is -2.34. The molecule has 2 bridgehead atoms. The number of aryl methyl sites for hydroxylation is 1. The van der Waals surface area contributed by atoms with Crippen molar-refractivity contribution in [3.63, 3.8) is 0 Å². The predicted octanol–water partition coefficient (Wildman–Crippen LogP) is 1.08. The summed E-state index contributed by atoms with van der Waals surface area (Å²) >= 11 is 0. The molecule has 3 rings (SSSR count). The minimum atomic E-state index is -0.816. The maximum Gasteiger partial charge on any atom is 0.406 e. The first-order chi connectivity index (χ1) is 9.41. The summed E-state index contributed by atoms with van der Waals surface area (Å²) in [5.74, 6) is -0.422. The van der Waals surface area contributed by atoms with Gasteiger partial charge in [-0.2, -0.15) is 0 Å². The second-order valence-electron chi connectivity index (χ2n) is 5.51. The minimum Gasteiger partial charge on any atom is -0.481 e. The molecular weight excluding hydrogens is 264 g/mol. The Labute approximate surface area is 115 Å². The Balaban J connectivity index is 2.07. The Kier molecular flexibility index (Phi) is 2.70. The first kappa shape index (κ1) is 12.9. The van der Waals surface area contributed by atoms with Crippen LogP contribution >= 0.6 is 0 Å². The largest absolute Gasteiger partial charge is 0.481 e. The molecule has 108 valence electrons. The second-order valence-corrected chi connectivity index (χ2v) is 5.51. The van der Waals surface area contributed by atoms with Crippen molar-refractivity contribution in [3.8, 4) is 0 Å². The van der Waals surface area contributed by atoms with Crippen LogP contribution in [0.15, 0.2) is 0 Å². The summed E-state index contributed by atoms with van der Waals surface area (Å²) in [5, 5.41) is 20.4. The molecule has 0 aliphatic carbocycles. The van der Waals surface area contributed by atoms with Gasteiger partial charge in [-0.15, -0.1) is 0 Å². The topological polar surface area (TPSA) is 102 Å². The van der Waals surface area contributed by atoms with E-state index in [-0.39, 0.29) is 17.9 Å².